The van der Waals surface area contributed by atoms with E-state index in [-0.39, 0.29) is 11.8 Å². The fourth-order valence-corrected chi connectivity index (χ4v) is 1.81. The Hall–Kier alpha value is -2.08. The summed E-state index contributed by atoms with van der Waals surface area (Å²) in [5.74, 6) is -0.460. The maximum atomic E-state index is 10.7. The molecule has 0 saturated carbocycles. The maximum absolute atomic E-state index is 10.7. The second kappa shape index (κ2) is 5.71. The highest BCUT2D eigenvalue weighted by atomic mass is 16.4. The smallest absolute Gasteiger partial charge is 0.371 e. The van der Waals surface area contributed by atoms with Gasteiger partial charge >= 0.3 is 5.97 Å². The highest BCUT2D eigenvalue weighted by Crippen LogP contribution is 2.16. The van der Waals surface area contributed by atoms with Crippen LogP contribution in [0.15, 0.2) is 28.8 Å². The number of carbonyl (C=O) groups is 1. The second-order valence-corrected chi connectivity index (χ2v) is 4.41. The van der Waals surface area contributed by atoms with Crippen LogP contribution in [0.1, 0.15) is 35.0 Å². The molecule has 1 atom stereocenters. The highest BCUT2D eigenvalue weighted by molar-refractivity contribution is 5.84. The van der Waals surface area contributed by atoms with Gasteiger partial charge in [0.05, 0.1) is 11.7 Å². The zero-order chi connectivity index (χ0) is 13.8. The van der Waals surface area contributed by atoms with Crippen molar-refractivity contribution in [2.45, 2.75) is 19.4 Å². The first kappa shape index (κ1) is 13.4. The minimum absolute atomic E-state index is 0.0307. The van der Waals surface area contributed by atoms with Crippen molar-refractivity contribution in [2.75, 3.05) is 6.54 Å². The summed E-state index contributed by atoms with van der Waals surface area (Å²) >= 11 is 0. The summed E-state index contributed by atoms with van der Waals surface area (Å²) in [6.45, 7) is 2.68. The monoisotopic (exact) mass is 263 g/mol. The highest BCUT2D eigenvalue weighted by Gasteiger charge is 2.13. The molecule has 6 heteroatoms. The van der Waals surface area contributed by atoms with E-state index >= 15 is 0 Å². The van der Waals surface area contributed by atoms with Gasteiger partial charge in [0, 0.05) is 26.2 Å². The predicted molar refractivity (Wildman–Crippen MR) is 69.0 cm³/mol. The normalized spacial score (nSPS) is 12.5. The Labute approximate surface area is 111 Å². The molecule has 0 aliphatic rings. The molecule has 2 N–H and O–H groups in total. The second-order valence-electron chi connectivity index (χ2n) is 4.41. The number of carboxylic acids is 1. The lowest BCUT2D eigenvalue weighted by atomic mass is 10.2. The number of aryl methyl sites for hydroxylation is 1. The Bertz CT molecular complexity index is 559. The van der Waals surface area contributed by atoms with Gasteiger partial charge in [-0.05, 0) is 25.1 Å². The average molecular weight is 263 g/mol. The van der Waals surface area contributed by atoms with Gasteiger partial charge < -0.3 is 14.8 Å². The van der Waals surface area contributed by atoms with Crippen molar-refractivity contribution in [2.24, 2.45) is 7.05 Å². The molecular formula is C13H17N3O3. The van der Waals surface area contributed by atoms with Crippen LogP contribution in [0, 0.1) is 0 Å². The van der Waals surface area contributed by atoms with E-state index in [9.17, 15) is 4.79 Å². The van der Waals surface area contributed by atoms with Gasteiger partial charge in [-0.15, -0.1) is 0 Å². The summed E-state index contributed by atoms with van der Waals surface area (Å²) in [5.41, 5.74) is 1.02. The number of carboxylic acid groups (broad SMARTS) is 1. The van der Waals surface area contributed by atoms with Gasteiger partial charge in [0.15, 0.2) is 0 Å². The van der Waals surface area contributed by atoms with E-state index in [0.29, 0.717) is 5.76 Å². The fraction of sp³-hybridized carbons (Fsp3) is 0.385. The molecule has 0 aliphatic heterocycles. The lowest BCUT2D eigenvalue weighted by Gasteiger charge is -2.10. The van der Waals surface area contributed by atoms with Crippen LogP contribution in [-0.4, -0.2) is 27.4 Å². The molecule has 0 aromatic carbocycles. The first-order valence-electron chi connectivity index (χ1n) is 6.11. The molecule has 2 heterocycles. The van der Waals surface area contributed by atoms with Crippen LogP contribution >= 0.6 is 0 Å². The van der Waals surface area contributed by atoms with E-state index in [0.717, 1.165) is 18.7 Å². The summed E-state index contributed by atoms with van der Waals surface area (Å²) in [6.07, 6.45) is 2.72. The molecule has 0 aliphatic carbocycles. The molecule has 2 aromatic heterocycles. The van der Waals surface area contributed by atoms with Crippen LogP contribution in [0.3, 0.4) is 0 Å². The number of furan rings is 1. The quantitative estimate of drug-likeness (QED) is 0.827. The van der Waals surface area contributed by atoms with Crippen molar-refractivity contribution in [1.29, 1.82) is 0 Å². The molecule has 0 radical (unpaired) electrons. The van der Waals surface area contributed by atoms with Gasteiger partial charge in [-0.25, -0.2) is 4.79 Å². The van der Waals surface area contributed by atoms with Crippen molar-refractivity contribution in [3.05, 3.63) is 41.6 Å². The molecule has 1 unspecified atom stereocenters. The Morgan fingerprint density at radius 1 is 1.53 bits per heavy atom. The van der Waals surface area contributed by atoms with Crippen molar-refractivity contribution in [3.8, 4) is 0 Å². The van der Waals surface area contributed by atoms with Crippen LogP contribution in [0.5, 0.6) is 0 Å². The summed E-state index contributed by atoms with van der Waals surface area (Å²) in [5, 5.41) is 16.3. The van der Waals surface area contributed by atoms with Crippen LogP contribution in [0.2, 0.25) is 0 Å². The molecular weight excluding hydrogens is 246 g/mol. The van der Waals surface area contributed by atoms with Gasteiger partial charge in [0.1, 0.15) is 5.76 Å². The summed E-state index contributed by atoms with van der Waals surface area (Å²) in [7, 11) is 1.88. The Morgan fingerprint density at radius 2 is 2.32 bits per heavy atom. The Kier molecular flexibility index (Phi) is 4.01. The van der Waals surface area contributed by atoms with Gasteiger partial charge in [-0.3, -0.25) is 4.68 Å². The average Bonchev–Trinajstić information content (AvgIpc) is 2.98. The van der Waals surface area contributed by atoms with Gasteiger partial charge in [-0.2, -0.15) is 5.10 Å². The number of hydrogen-bond donors (Lipinski definition) is 2. The predicted octanol–water partition coefficient (Wildman–Crippen LogP) is 1.60. The third-order valence-electron chi connectivity index (χ3n) is 2.86. The fourth-order valence-electron chi connectivity index (χ4n) is 1.81. The third-order valence-corrected chi connectivity index (χ3v) is 2.86. The summed E-state index contributed by atoms with van der Waals surface area (Å²) in [4.78, 5) is 10.7. The molecule has 6 nitrogen and oxygen atoms in total. The molecule has 0 amide bonds. The molecule has 0 fully saturated rings. The van der Waals surface area contributed by atoms with Crippen LogP contribution in [-0.2, 0) is 13.5 Å². The number of hydrogen-bond acceptors (Lipinski definition) is 4. The topological polar surface area (TPSA) is 80.3 Å². The first-order valence-corrected chi connectivity index (χ1v) is 6.11. The largest absolute Gasteiger partial charge is 0.475 e. The zero-order valence-electron chi connectivity index (χ0n) is 11.0. The molecule has 2 rings (SSSR count). The molecule has 0 spiro atoms. The molecule has 2 aromatic rings. The number of nitrogens with one attached hydrogen (secondary N) is 1. The Morgan fingerprint density at radius 3 is 2.89 bits per heavy atom. The number of nitrogens with zero attached hydrogens (tertiary/aromatic N) is 2. The van der Waals surface area contributed by atoms with E-state index in [2.05, 4.69) is 10.4 Å². The van der Waals surface area contributed by atoms with Crippen LogP contribution in [0.4, 0.5) is 0 Å². The minimum Gasteiger partial charge on any atom is -0.475 e. The van der Waals surface area contributed by atoms with Crippen molar-refractivity contribution >= 4 is 5.97 Å². The zero-order valence-corrected chi connectivity index (χ0v) is 11.0. The van der Waals surface area contributed by atoms with E-state index in [4.69, 9.17) is 9.52 Å². The minimum atomic E-state index is -1.05. The maximum Gasteiger partial charge on any atom is 0.371 e. The number of aromatic carboxylic acids is 1. The van der Waals surface area contributed by atoms with Crippen molar-refractivity contribution < 1.29 is 14.3 Å². The first-order chi connectivity index (χ1) is 9.06. The van der Waals surface area contributed by atoms with Gasteiger partial charge in [-0.1, -0.05) is 0 Å². The SMILES string of the molecule is CC(NCCc1ccn(C)n1)c1ccc(C(=O)O)o1. The van der Waals surface area contributed by atoms with Crippen molar-refractivity contribution in [3.63, 3.8) is 0 Å². The molecule has 19 heavy (non-hydrogen) atoms. The van der Waals surface area contributed by atoms with E-state index in [1.54, 1.807) is 10.7 Å². The molecule has 0 saturated heterocycles. The van der Waals surface area contributed by atoms with Crippen molar-refractivity contribution in [1.82, 2.24) is 15.1 Å². The third kappa shape index (κ3) is 3.45. The van der Waals surface area contributed by atoms with Crippen LogP contribution < -0.4 is 5.32 Å². The van der Waals surface area contributed by atoms with Crippen LogP contribution in [0.25, 0.3) is 0 Å². The van der Waals surface area contributed by atoms with E-state index in [1.165, 1.54) is 6.07 Å². The van der Waals surface area contributed by atoms with Gasteiger partial charge in [0.2, 0.25) is 5.76 Å². The lowest BCUT2D eigenvalue weighted by molar-refractivity contribution is 0.0659. The number of aromatic nitrogens is 2. The standard InChI is InChI=1S/C13H17N3O3/c1-9(11-3-4-12(19-11)13(17)18)14-7-5-10-6-8-16(2)15-10/h3-4,6,8-9,14H,5,7H2,1-2H3,(H,17,18). The Balaban J connectivity index is 1.83. The molecule has 102 valence electrons. The summed E-state index contributed by atoms with van der Waals surface area (Å²) < 4.78 is 7.00. The molecule has 0 bridgehead atoms. The number of rotatable bonds is 6. The van der Waals surface area contributed by atoms with E-state index in [1.807, 2.05) is 26.2 Å². The van der Waals surface area contributed by atoms with E-state index < -0.39 is 5.97 Å². The lowest BCUT2D eigenvalue weighted by Crippen LogP contribution is -2.21. The summed E-state index contributed by atoms with van der Waals surface area (Å²) in [6, 6.07) is 5.09. The van der Waals surface area contributed by atoms with Gasteiger partial charge in [0.25, 0.3) is 0 Å².